The SMILES string of the molecule is CC(=O)[O-].CNCC(=O)O.NC(=O)c1nc2ccccc2c2c1ncn2Cc1ccccc1. The summed E-state index contributed by atoms with van der Waals surface area (Å²) in [7, 11) is 1.59. The highest BCUT2D eigenvalue weighted by Crippen LogP contribution is 2.26. The summed E-state index contributed by atoms with van der Waals surface area (Å²) in [6.07, 6.45) is 1.73. The maximum Gasteiger partial charge on any atom is 0.317 e. The molecule has 0 spiro atoms. The van der Waals surface area contributed by atoms with Gasteiger partial charge in [-0.2, -0.15) is 0 Å². The van der Waals surface area contributed by atoms with E-state index in [2.05, 4.69) is 27.4 Å². The average Bonchev–Trinajstić information content (AvgIpc) is 3.17. The number of benzene rings is 2. The maximum absolute atomic E-state index is 11.7. The molecule has 2 aromatic carbocycles. The van der Waals surface area contributed by atoms with Crippen LogP contribution in [0, 0.1) is 0 Å². The van der Waals surface area contributed by atoms with Gasteiger partial charge in [0.05, 0.1) is 23.9 Å². The van der Waals surface area contributed by atoms with E-state index in [9.17, 15) is 9.59 Å². The van der Waals surface area contributed by atoms with E-state index in [0.717, 1.165) is 28.9 Å². The first-order chi connectivity index (χ1) is 15.7. The van der Waals surface area contributed by atoms with Crippen LogP contribution in [-0.2, 0) is 16.1 Å². The Hall–Kier alpha value is -4.31. The monoisotopic (exact) mass is 450 g/mol. The number of carboxylic acid groups (broad SMARTS) is 2. The lowest BCUT2D eigenvalue weighted by Crippen LogP contribution is -2.16. The lowest BCUT2D eigenvalue weighted by atomic mass is 10.1. The lowest BCUT2D eigenvalue weighted by molar-refractivity contribution is -0.302. The molecule has 0 unspecified atom stereocenters. The third kappa shape index (κ3) is 7.11. The fourth-order valence-corrected chi connectivity index (χ4v) is 3.01. The Balaban J connectivity index is 0.000000327. The molecule has 10 nitrogen and oxygen atoms in total. The number of aliphatic carboxylic acids is 2. The van der Waals surface area contributed by atoms with Crippen molar-refractivity contribution < 1.29 is 24.6 Å². The van der Waals surface area contributed by atoms with Gasteiger partial charge in [-0.05, 0) is 25.6 Å². The largest absolute Gasteiger partial charge is 0.550 e. The maximum atomic E-state index is 11.7. The second-order valence-electron chi connectivity index (χ2n) is 6.81. The zero-order valence-corrected chi connectivity index (χ0v) is 18.2. The fourth-order valence-electron chi connectivity index (χ4n) is 3.01. The topological polar surface area (TPSA) is 163 Å². The number of amides is 1. The van der Waals surface area contributed by atoms with Gasteiger partial charge in [-0.25, -0.2) is 9.97 Å². The fraction of sp³-hybridized carbons (Fsp3) is 0.174. The number of carbonyl (C=O) groups excluding carboxylic acids is 2. The van der Waals surface area contributed by atoms with Gasteiger partial charge >= 0.3 is 5.97 Å². The third-order valence-electron chi connectivity index (χ3n) is 4.21. The van der Waals surface area contributed by atoms with E-state index in [-0.39, 0.29) is 12.2 Å². The second kappa shape index (κ2) is 11.9. The molecule has 0 radical (unpaired) electrons. The first-order valence-electron chi connectivity index (χ1n) is 9.85. The van der Waals surface area contributed by atoms with Crippen molar-refractivity contribution in [2.24, 2.45) is 5.73 Å². The normalized spacial score (nSPS) is 10.0. The van der Waals surface area contributed by atoms with Crippen molar-refractivity contribution in [2.75, 3.05) is 13.6 Å². The summed E-state index contributed by atoms with van der Waals surface area (Å²) >= 11 is 0. The number of rotatable bonds is 5. The summed E-state index contributed by atoms with van der Waals surface area (Å²) in [4.78, 5) is 38.9. The first-order valence-corrected chi connectivity index (χ1v) is 9.85. The summed E-state index contributed by atoms with van der Waals surface area (Å²) in [5, 5.41) is 20.2. The third-order valence-corrected chi connectivity index (χ3v) is 4.21. The molecule has 0 atom stereocenters. The van der Waals surface area contributed by atoms with Gasteiger partial charge in [-0.1, -0.05) is 48.5 Å². The number of carboxylic acids is 2. The number of likely N-dealkylation sites (N-methyl/N-ethyl adjacent to an activating group) is 1. The second-order valence-corrected chi connectivity index (χ2v) is 6.81. The molecule has 0 saturated heterocycles. The number of nitrogens with one attached hydrogen (secondary N) is 1. The minimum absolute atomic E-state index is 0.0417. The molecule has 0 fully saturated rings. The molecular formula is C23H24N5O5-. The molecule has 0 aliphatic heterocycles. The number of carbonyl (C=O) groups is 3. The van der Waals surface area contributed by atoms with E-state index in [4.69, 9.17) is 20.7 Å². The Labute approximate surface area is 189 Å². The minimum Gasteiger partial charge on any atom is -0.550 e. The van der Waals surface area contributed by atoms with E-state index in [0.29, 0.717) is 12.1 Å². The molecule has 33 heavy (non-hydrogen) atoms. The Morgan fingerprint density at radius 1 is 1.09 bits per heavy atom. The van der Waals surface area contributed by atoms with Gasteiger partial charge in [0.1, 0.15) is 5.52 Å². The van der Waals surface area contributed by atoms with Crippen LogP contribution in [0.5, 0.6) is 0 Å². The first kappa shape index (κ1) is 25.0. The zero-order valence-electron chi connectivity index (χ0n) is 18.2. The standard InChI is InChI=1S/C18H14N4O.C3H7NO2.C2H4O2/c19-18(23)16-15-17(13-8-4-5-9-14(13)21-16)22(11-20-15)10-12-6-2-1-3-7-12;1-4-2-3(5)6;1-2(3)4/h1-9,11H,10H2,(H2,19,23);4H,2H2,1H3,(H,5,6);1H3,(H,3,4)/p-1. The number of aromatic nitrogens is 3. The Kier molecular flexibility index (Phi) is 9.01. The molecule has 172 valence electrons. The van der Waals surface area contributed by atoms with Crippen LogP contribution in [0.3, 0.4) is 0 Å². The average molecular weight is 450 g/mol. The predicted molar refractivity (Wildman–Crippen MR) is 121 cm³/mol. The number of primary amides is 1. The van der Waals surface area contributed by atoms with Gasteiger partial charge in [0.2, 0.25) is 0 Å². The summed E-state index contributed by atoms with van der Waals surface area (Å²) < 4.78 is 2.03. The van der Waals surface area contributed by atoms with Gasteiger partial charge in [-0.15, -0.1) is 0 Å². The number of nitrogens with zero attached hydrogens (tertiary/aromatic N) is 3. The highest BCUT2D eigenvalue weighted by Gasteiger charge is 2.17. The molecule has 0 aliphatic rings. The number of hydrogen-bond acceptors (Lipinski definition) is 7. The quantitative estimate of drug-likeness (QED) is 0.401. The van der Waals surface area contributed by atoms with E-state index >= 15 is 0 Å². The summed E-state index contributed by atoms with van der Waals surface area (Å²) in [5.41, 5.74) is 9.03. The van der Waals surface area contributed by atoms with Gasteiger partial charge < -0.3 is 30.6 Å². The number of fused-ring (bicyclic) bond motifs is 3. The molecule has 2 heterocycles. The molecule has 4 rings (SSSR count). The highest BCUT2D eigenvalue weighted by molar-refractivity contribution is 6.11. The Morgan fingerprint density at radius 3 is 2.24 bits per heavy atom. The van der Waals surface area contributed by atoms with Gasteiger partial charge in [0.25, 0.3) is 5.91 Å². The summed E-state index contributed by atoms with van der Waals surface area (Å²) in [5.74, 6) is -2.47. The zero-order chi connectivity index (χ0) is 24.4. The van der Waals surface area contributed by atoms with Crippen LogP contribution in [0.1, 0.15) is 23.0 Å². The van der Waals surface area contributed by atoms with Crippen LogP contribution in [0.25, 0.3) is 21.9 Å². The summed E-state index contributed by atoms with van der Waals surface area (Å²) in [6, 6.07) is 17.8. The van der Waals surface area contributed by atoms with E-state index in [1.807, 2.05) is 47.0 Å². The van der Waals surface area contributed by atoms with Gasteiger partial charge in [-0.3, -0.25) is 9.59 Å². The molecular weight excluding hydrogens is 426 g/mol. The Bertz CT molecular complexity index is 1250. The van der Waals surface area contributed by atoms with Crippen molar-refractivity contribution >= 4 is 39.8 Å². The predicted octanol–water partition coefficient (Wildman–Crippen LogP) is 0.778. The van der Waals surface area contributed by atoms with Gasteiger partial charge in [0, 0.05) is 17.9 Å². The lowest BCUT2D eigenvalue weighted by Gasteiger charge is -2.08. The van der Waals surface area contributed by atoms with Crippen LogP contribution in [0.15, 0.2) is 60.9 Å². The van der Waals surface area contributed by atoms with Crippen molar-refractivity contribution in [3.63, 3.8) is 0 Å². The molecule has 0 aliphatic carbocycles. The molecule has 1 amide bonds. The number of para-hydroxylation sites is 1. The van der Waals surface area contributed by atoms with Crippen LogP contribution < -0.4 is 16.2 Å². The van der Waals surface area contributed by atoms with Crippen LogP contribution >= 0.6 is 0 Å². The minimum atomic E-state index is -1.08. The number of pyridine rings is 1. The summed E-state index contributed by atoms with van der Waals surface area (Å²) in [6.45, 7) is 1.68. The van der Waals surface area contributed by atoms with E-state index < -0.39 is 17.8 Å². The van der Waals surface area contributed by atoms with Crippen molar-refractivity contribution in [3.8, 4) is 0 Å². The van der Waals surface area contributed by atoms with Crippen LogP contribution in [-0.4, -0.2) is 51.1 Å². The smallest absolute Gasteiger partial charge is 0.317 e. The number of nitrogens with two attached hydrogens (primary N) is 1. The van der Waals surface area contributed by atoms with Crippen molar-refractivity contribution in [2.45, 2.75) is 13.5 Å². The molecule has 0 saturated carbocycles. The Morgan fingerprint density at radius 2 is 1.70 bits per heavy atom. The number of hydrogen-bond donors (Lipinski definition) is 3. The molecule has 2 aromatic heterocycles. The van der Waals surface area contributed by atoms with E-state index in [1.54, 1.807) is 13.4 Å². The van der Waals surface area contributed by atoms with Crippen molar-refractivity contribution in [1.29, 1.82) is 0 Å². The molecule has 4 aromatic rings. The number of imidazole rings is 1. The molecule has 4 N–H and O–H groups in total. The molecule has 0 bridgehead atoms. The highest BCUT2D eigenvalue weighted by atomic mass is 16.4. The molecule has 10 heteroatoms. The van der Waals surface area contributed by atoms with Crippen LogP contribution in [0.2, 0.25) is 0 Å². The van der Waals surface area contributed by atoms with Crippen molar-refractivity contribution in [1.82, 2.24) is 19.9 Å². The van der Waals surface area contributed by atoms with E-state index in [1.165, 1.54) is 0 Å². The van der Waals surface area contributed by atoms with Crippen LogP contribution in [0.4, 0.5) is 0 Å². The van der Waals surface area contributed by atoms with Gasteiger partial charge in [0.15, 0.2) is 5.69 Å². The van der Waals surface area contributed by atoms with Crippen molar-refractivity contribution in [3.05, 3.63) is 72.2 Å².